The third-order valence-corrected chi connectivity index (χ3v) is 12.1. The molecule has 0 atom stereocenters. The van der Waals surface area contributed by atoms with Crippen LogP contribution in [0.15, 0.2) is 194 Å². The normalized spacial score (nSPS) is 12.9. The third-order valence-electron chi connectivity index (χ3n) is 12.1. The van der Waals surface area contributed by atoms with E-state index in [-0.39, 0.29) is 5.41 Å². The lowest BCUT2D eigenvalue weighted by Gasteiger charge is -2.22. The predicted molar refractivity (Wildman–Crippen MR) is 239 cm³/mol. The van der Waals surface area contributed by atoms with Crippen LogP contribution in [0.3, 0.4) is 0 Å². The minimum atomic E-state index is -0.0771. The van der Waals surface area contributed by atoms with Crippen LogP contribution < -0.4 is 0 Å². The molecule has 0 N–H and O–H groups in total. The Labute approximate surface area is 332 Å². The zero-order valence-electron chi connectivity index (χ0n) is 31.9. The first-order valence-corrected chi connectivity index (χ1v) is 19.7. The van der Waals surface area contributed by atoms with Crippen LogP contribution >= 0.6 is 0 Å². The Hall–Kier alpha value is -7.16. The van der Waals surface area contributed by atoms with Crippen molar-refractivity contribution in [2.24, 2.45) is 0 Å². The van der Waals surface area contributed by atoms with Crippen LogP contribution in [0.1, 0.15) is 25.0 Å². The number of rotatable bonds is 5. The van der Waals surface area contributed by atoms with E-state index in [0.29, 0.717) is 5.82 Å². The van der Waals surface area contributed by atoms with Gasteiger partial charge in [-0.1, -0.05) is 190 Å². The van der Waals surface area contributed by atoms with Gasteiger partial charge in [0, 0.05) is 22.1 Å². The second-order valence-corrected chi connectivity index (χ2v) is 15.7. The third kappa shape index (κ3) is 5.40. The maximum Gasteiger partial charge on any atom is 0.161 e. The van der Waals surface area contributed by atoms with Crippen LogP contribution in [0.5, 0.6) is 0 Å². The van der Waals surface area contributed by atoms with Crippen LogP contribution in [0.25, 0.3) is 99.6 Å². The van der Waals surface area contributed by atoms with Gasteiger partial charge in [-0.25, -0.2) is 9.97 Å². The lowest BCUT2D eigenvalue weighted by Crippen LogP contribution is -2.14. The fourth-order valence-electron chi connectivity index (χ4n) is 9.23. The van der Waals surface area contributed by atoms with E-state index in [9.17, 15) is 0 Å². The van der Waals surface area contributed by atoms with Gasteiger partial charge in [-0.05, 0) is 95.0 Å². The minimum Gasteiger partial charge on any atom is -0.228 e. The molecule has 0 aliphatic heterocycles. The SMILES string of the molecule is CC1(C)c2ccc(-c3ccc(-c4cc(-c5cccc(-c6ccccc6)c5)nc(-c5cccc6ccccc56)n4)c4ccccc34)cc2-c2c1ccc1ccccc21. The van der Waals surface area contributed by atoms with Crippen molar-refractivity contribution in [3.8, 4) is 67.3 Å². The molecule has 2 nitrogen and oxygen atoms in total. The molecule has 0 radical (unpaired) electrons. The average Bonchev–Trinajstić information content (AvgIpc) is 3.51. The highest BCUT2D eigenvalue weighted by Gasteiger charge is 2.36. The second kappa shape index (κ2) is 13.0. The molecule has 1 aromatic heterocycles. The molecule has 1 heterocycles. The highest BCUT2D eigenvalue weighted by atomic mass is 14.9. The van der Waals surface area contributed by atoms with Gasteiger partial charge in [-0.2, -0.15) is 0 Å². The monoisotopic (exact) mass is 726 g/mol. The van der Waals surface area contributed by atoms with Crippen molar-refractivity contribution in [1.29, 1.82) is 0 Å². The standard InChI is InChI=1S/C55H38N2/c1-55(2)49-30-27-39(33-48(49)53-43-22-9-7-17-37(43)26-31-50(53)55)42-28-29-46(45-24-11-10-23-44(42)45)52-34-51(40-20-12-19-38(32-40)35-14-4-3-5-15-35)56-54(57-52)47-25-13-18-36-16-6-8-21-41(36)47/h3-34H,1-2H3. The zero-order chi connectivity index (χ0) is 38.1. The molecule has 1 aliphatic rings. The summed E-state index contributed by atoms with van der Waals surface area (Å²) >= 11 is 0. The van der Waals surface area contributed by atoms with E-state index in [2.05, 4.69) is 208 Å². The molecule has 0 saturated heterocycles. The second-order valence-electron chi connectivity index (χ2n) is 15.7. The molecular formula is C55H38N2. The van der Waals surface area contributed by atoms with Crippen molar-refractivity contribution in [2.75, 3.05) is 0 Å². The fourth-order valence-corrected chi connectivity index (χ4v) is 9.23. The Morgan fingerprint density at radius 1 is 0.333 bits per heavy atom. The maximum absolute atomic E-state index is 5.39. The van der Waals surface area contributed by atoms with E-state index in [1.807, 2.05) is 0 Å². The largest absolute Gasteiger partial charge is 0.228 e. The molecule has 57 heavy (non-hydrogen) atoms. The average molecular weight is 727 g/mol. The molecule has 11 rings (SSSR count). The van der Waals surface area contributed by atoms with E-state index in [1.165, 1.54) is 60.5 Å². The van der Waals surface area contributed by atoms with Crippen LogP contribution in [0.4, 0.5) is 0 Å². The Bertz CT molecular complexity index is 3210. The summed E-state index contributed by atoms with van der Waals surface area (Å²) in [6, 6.07) is 70.1. The summed E-state index contributed by atoms with van der Waals surface area (Å²) in [6.07, 6.45) is 0. The number of benzene rings is 9. The molecule has 268 valence electrons. The van der Waals surface area contributed by atoms with Crippen molar-refractivity contribution in [1.82, 2.24) is 9.97 Å². The molecule has 0 saturated carbocycles. The molecule has 0 amide bonds. The molecule has 0 spiro atoms. The molecule has 0 unspecified atom stereocenters. The topological polar surface area (TPSA) is 25.8 Å². The van der Waals surface area contributed by atoms with E-state index < -0.39 is 0 Å². The van der Waals surface area contributed by atoms with Gasteiger partial charge in [0.05, 0.1) is 11.4 Å². The molecular weight excluding hydrogens is 689 g/mol. The van der Waals surface area contributed by atoms with Gasteiger partial charge in [0.2, 0.25) is 0 Å². The first-order valence-electron chi connectivity index (χ1n) is 19.7. The summed E-state index contributed by atoms with van der Waals surface area (Å²) in [7, 11) is 0. The van der Waals surface area contributed by atoms with E-state index in [4.69, 9.17) is 9.97 Å². The maximum atomic E-state index is 5.39. The van der Waals surface area contributed by atoms with Crippen LogP contribution in [-0.4, -0.2) is 9.97 Å². The van der Waals surface area contributed by atoms with Gasteiger partial charge in [-0.15, -0.1) is 0 Å². The first-order chi connectivity index (χ1) is 28.0. The lowest BCUT2D eigenvalue weighted by atomic mass is 9.81. The Morgan fingerprint density at radius 2 is 0.930 bits per heavy atom. The molecule has 10 aromatic rings. The van der Waals surface area contributed by atoms with Gasteiger partial charge >= 0.3 is 0 Å². The summed E-state index contributed by atoms with van der Waals surface area (Å²) in [5.74, 6) is 0.713. The summed E-state index contributed by atoms with van der Waals surface area (Å²) < 4.78 is 0. The quantitative estimate of drug-likeness (QED) is 0.176. The number of aromatic nitrogens is 2. The minimum absolute atomic E-state index is 0.0771. The molecule has 2 heteroatoms. The van der Waals surface area contributed by atoms with E-state index >= 15 is 0 Å². The Kier molecular flexibility index (Phi) is 7.55. The van der Waals surface area contributed by atoms with E-state index in [1.54, 1.807) is 0 Å². The van der Waals surface area contributed by atoms with E-state index in [0.717, 1.165) is 44.4 Å². The van der Waals surface area contributed by atoms with Gasteiger partial charge < -0.3 is 0 Å². The summed E-state index contributed by atoms with van der Waals surface area (Å²) in [4.78, 5) is 10.7. The van der Waals surface area contributed by atoms with Gasteiger partial charge in [0.1, 0.15) is 0 Å². The van der Waals surface area contributed by atoms with Crippen molar-refractivity contribution in [3.05, 3.63) is 205 Å². The van der Waals surface area contributed by atoms with Gasteiger partial charge in [0.15, 0.2) is 5.82 Å². The number of fused-ring (bicyclic) bond motifs is 7. The van der Waals surface area contributed by atoms with Crippen molar-refractivity contribution >= 4 is 32.3 Å². The lowest BCUT2D eigenvalue weighted by molar-refractivity contribution is 0.661. The molecule has 1 aliphatic carbocycles. The number of hydrogen-bond donors (Lipinski definition) is 0. The smallest absolute Gasteiger partial charge is 0.161 e. The molecule has 9 aromatic carbocycles. The summed E-state index contributed by atoms with van der Waals surface area (Å²) in [5.41, 5.74) is 15.1. The zero-order valence-corrected chi connectivity index (χ0v) is 31.9. The van der Waals surface area contributed by atoms with Crippen molar-refractivity contribution < 1.29 is 0 Å². The Morgan fingerprint density at radius 3 is 1.75 bits per heavy atom. The summed E-state index contributed by atoms with van der Waals surface area (Å²) in [6.45, 7) is 4.72. The van der Waals surface area contributed by atoms with Gasteiger partial charge in [-0.3, -0.25) is 0 Å². The van der Waals surface area contributed by atoms with Crippen molar-refractivity contribution in [2.45, 2.75) is 19.3 Å². The van der Waals surface area contributed by atoms with Crippen LogP contribution in [0.2, 0.25) is 0 Å². The van der Waals surface area contributed by atoms with Crippen LogP contribution in [-0.2, 0) is 5.41 Å². The Balaban J connectivity index is 1.10. The van der Waals surface area contributed by atoms with Crippen molar-refractivity contribution in [3.63, 3.8) is 0 Å². The summed E-state index contributed by atoms with van der Waals surface area (Å²) in [5, 5.41) is 7.25. The molecule has 0 bridgehead atoms. The van der Waals surface area contributed by atoms with Gasteiger partial charge in [0.25, 0.3) is 0 Å². The number of hydrogen-bond acceptors (Lipinski definition) is 2. The fraction of sp³-hybridized carbons (Fsp3) is 0.0545. The highest BCUT2D eigenvalue weighted by Crippen LogP contribution is 2.52. The number of nitrogens with zero attached hydrogens (tertiary/aromatic N) is 2. The van der Waals surface area contributed by atoms with Crippen LogP contribution in [0, 0.1) is 0 Å². The predicted octanol–water partition coefficient (Wildman–Crippen LogP) is 14.6. The highest BCUT2D eigenvalue weighted by molar-refractivity contribution is 6.07. The molecule has 0 fully saturated rings. The first kappa shape index (κ1) is 33.2.